The lowest BCUT2D eigenvalue weighted by Crippen LogP contribution is -2.37. The van der Waals surface area contributed by atoms with Crippen LogP contribution in [0.15, 0.2) is 24.3 Å². The zero-order valence-corrected chi connectivity index (χ0v) is 10.5. The van der Waals surface area contributed by atoms with E-state index in [1.807, 2.05) is 6.92 Å². The number of benzene rings is 1. The molecule has 0 aliphatic carbocycles. The van der Waals surface area contributed by atoms with Gasteiger partial charge in [-0.1, -0.05) is 25.5 Å². The number of halogens is 1. The monoisotopic (exact) mass is 254 g/mol. The van der Waals surface area contributed by atoms with E-state index in [0.717, 1.165) is 12.8 Å². The summed E-state index contributed by atoms with van der Waals surface area (Å²) in [5, 5.41) is 11.4. The first-order chi connectivity index (χ1) is 8.69. The number of nitrogens with one attached hydrogen (secondary N) is 1. The Labute approximate surface area is 106 Å². The Morgan fingerprint density at radius 2 is 2.11 bits per heavy atom. The predicted octanol–water partition coefficient (Wildman–Crippen LogP) is 2.45. The molecule has 0 bridgehead atoms. The molecule has 1 aromatic carbocycles. The Balaban J connectivity index is 2.63. The van der Waals surface area contributed by atoms with Crippen molar-refractivity contribution in [3.8, 4) is 0 Å². The fourth-order valence-electron chi connectivity index (χ4n) is 1.54. The van der Waals surface area contributed by atoms with Crippen molar-refractivity contribution >= 4 is 11.7 Å². The molecule has 1 rings (SSSR count). The number of aliphatic hydroxyl groups excluding tert-OH is 1. The Morgan fingerprint density at radius 3 is 2.72 bits per heavy atom. The van der Waals surface area contributed by atoms with Crippen LogP contribution in [-0.2, 0) is 0 Å². The van der Waals surface area contributed by atoms with Gasteiger partial charge in [0.25, 0.3) is 0 Å². The molecule has 0 heterocycles. The highest BCUT2D eigenvalue weighted by Gasteiger charge is 2.13. The number of rotatable bonds is 6. The Kier molecular flexibility index (Phi) is 6.14. The van der Waals surface area contributed by atoms with Crippen LogP contribution in [0.4, 0.5) is 14.9 Å². The molecule has 5 heteroatoms. The average Bonchev–Trinajstić information content (AvgIpc) is 2.37. The van der Waals surface area contributed by atoms with Gasteiger partial charge in [0, 0.05) is 13.1 Å². The van der Waals surface area contributed by atoms with Gasteiger partial charge >= 0.3 is 6.03 Å². The van der Waals surface area contributed by atoms with Crippen molar-refractivity contribution < 1.29 is 14.3 Å². The highest BCUT2D eigenvalue weighted by Crippen LogP contribution is 2.13. The summed E-state index contributed by atoms with van der Waals surface area (Å²) in [7, 11) is 0. The van der Waals surface area contributed by atoms with E-state index >= 15 is 0 Å². The maximum absolute atomic E-state index is 13.4. The minimum Gasteiger partial charge on any atom is -0.395 e. The Hall–Kier alpha value is -1.62. The van der Waals surface area contributed by atoms with E-state index in [0.29, 0.717) is 6.54 Å². The smallest absolute Gasteiger partial charge is 0.322 e. The number of para-hydroxylation sites is 1. The highest BCUT2D eigenvalue weighted by molar-refractivity contribution is 5.89. The van der Waals surface area contributed by atoms with Crippen LogP contribution in [0.1, 0.15) is 19.8 Å². The molecule has 0 atom stereocenters. The normalized spacial score (nSPS) is 10.2. The van der Waals surface area contributed by atoms with Gasteiger partial charge in [0.2, 0.25) is 0 Å². The van der Waals surface area contributed by atoms with Gasteiger partial charge in [-0.25, -0.2) is 9.18 Å². The van der Waals surface area contributed by atoms with Gasteiger partial charge in [-0.05, 0) is 18.6 Å². The second-order valence-electron chi connectivity index (χ2n) is 3.97. The highest BCUT2D eigenvalue weighted by atomic mass is 19.1. The summed E-state index contributed by atoms with van der Waals surface area (Å²) in [6, 6.07) is 5.62. The zero-order valence-electron chi connectivity index (χ0n) is 10.5. The van der Waals surface area contributed by atoms with Crippen LogP contribution in [-0.4, -0.2) is 35.7 Å². The molecule has 2 N–H and O–H groups in total. The van der Waals surface area contributed by atoms with Crippen LogP contribution in [0.5, 0.6) is 0 Å². The number of anilines is 1. The van der Waals surface area contributed by atoms with Crippen molar-refractivity contribution in [1.82, 2.24) is 4.90 Å². The molecule has 0 aliphatic rings. The van der Waals surface area contributed by atoms with E-state index < -0.39 is 5.82 Å². The summed E-state index contributed by atoms with van der Waals surface area (Å²) in [6.45, 7) is 2.72. The fraction of sp³-hybridized carbons (Fsp3) is 0.462. The topological polar surface area (TPSA) is 52.6 Å². The van der Waals surface area contributed by atoms with Crippen molar-refractivity contribution in [2.75, 3.05) is 25.0 Å². The van der Waals surface area contributed by atoms with E-state index in [-0.39, 0.29) is 24.9 Å². The predicted molar refractivity (Wildman–Crippen MR) is 69.0 cm³/mol. The second kappa shape index (κ2) is 7.66. The van der Waals surface area contributed by atoms with Crippen LogP contribution in [0.3, 0.4) is 0 Å². The number of hydrogen-bond donors (Lipinski definition) is 2. The van der Waals surface area contributed by atoms with E-state index in [4.69, 9.17) is 5.11 Å². The van der Waals surface area contributed by atoms with E-state index in [1.165, 1.54) is 17.0 Å². The number of urea groups is 1. The standard InChI is InChI=1S/C13H19FN2O2/c1-2-3-8-16(9-10-17)13(18)15-12-7-5-4-6-11(12)14/h4-7,17H,2-3,8-10H2,1H3,(H,15,18). The van der Waals surface area contributed by atoms with Gasteiger partial charge in [0.1, 0.15) is 5.82 Å². The SMILES string of the molecule is CCCCN(CCO)C(=O)Nc1ccccc1F. The van der Waals surface area contributed by atoms with Crippen LogP contribution in [0.2, 0.25) is 0 Å². The number of hydrogen-bond acceptors (Lipinski definition) is 2. The molecule has 0 fully saturated rings. The summed E-state index contributed by atoms with van der Waals surface area (Å²) >= 11 is 0. The van der Waals surface area contributed by atoms with Gasteiger partial charge < -0.3 is 15.3 Å². The number of nitrogens with zero attached hydrogens (tertiary/aromatic N) is 1. The number of unbranched alkanes of at least 4 members (excludes halogenated alkanes) is 1. The minimum absolute atomic E-state index is 0.103. The van der Waals surface area contributed by atoms with Gasteiger partial charge in [0.15, 0.2) is 0 Å². The van der Waals surface area contributed by atoms with Crippen molar-refractivity contribution in [2.45, 2.75) is 19.8 Å². The summed E-state index contributed by atoms with van der Waals surface area (Å²) in [6.07, 6.45) is 1.81. The van der Waals surface area contributed by atoms with Crippen molar-refractivity contribution in [3.05, 3.63) is 30.1 Å². The van der Waals surface area contributed by atoms with E-state index in [2.05, 4.69) is 5.32 Å². The van der Waals surface area contributed by atoms with Gasteiger partial charge in [-0.15, -0.1) is 0 Å². The summed E-state index contributed by atoms with van der Waals surface area (Å²) in [5.41, 5.74) is 0.155. The molecule has 0 aromatic heterocycles. The summed E-state index contributed by atoms with van der Waals surface area (Å²) in [4.78, 5) is 13.4. The van der Waals surface area contributed by atoms with Crippen LogP contribution < -0.4 is 5.32 Å². The van der Waals surface area contributed by atoms with Crippen LogP contribution in [0, 0.1) is 5.82 Å². The van der Waals surface area contributed by atoms with Gasteiger partial charge in [0.05, 0.1) is 12.3 Å². The number of carbonyl (C=O) groups excluding carboxylic acids is 1. The fourth-order valence-corrected chi connectivity index (χ4v) is 1.54. The van der Waals surface area contributed by atoms with E-state index in [1.54, 1.807) is 12.1 Å². The number of amides is 2. The summed E-state index contributed by atoms with van der Waals surface area (Å²) < 4.78 is 13.4. The molecule has 2 amide bonds. The molecule has 0 saturated carbocycles. The molecule has 0 spiro atoms. The Bertz CT molecular complexity index is 385. The second-order valence-corrected chi connectivity index (χ2v) is 3.97. The molecule has 0 saturated heterocycles. The van der Waals surface area contributed by atoms with Crippen molar-refractivity contribution in [1.29, 1.82) is 0 Å². The lowest BCUT2D eigenvalue weighted by Gasteiger charge is -2.22. The largest absolute Gasteiger partial charge is 0.395 e. The lowest BCUT2D eigenvalue weighted by molar-refractivity contribution is 0.187. The average molecular weight is 254 g/mol. The van der Waals surface area contributed by atoms with E-state index in [9.17, 15) is 9.18 Å². The maximum Gasteiger partial charge on any atom is 0.322 e. The molecule has 1 aromatic rings. The van der Waals surface area contributed by atoms with Crippen LogP contribution >= 0.6 is 0 Å². The minimum atomic E-state index is -0.467. The first-order valence-corrected chi connectivity index (χ1v) is 6.10. The molecule has 0 radical (unpaired) electrons. The van der Waals surface area contributed by atoms with Crippen LogP contribution in [0.25, 0.3) is 0 Å². The number of aliphatic hydroxyl groups is 1. The first kappa shape index (κ1) is 14.4. The third-order valence-electron chi connectivity index (χ3n) is 2.55. The third-order valence-corrected chi connectivity index (χ3v) is 2.55. The molecule has 100 valence electrons. The molecule has 0 unspecified atom stereocenters. The number of carbonyl (C=O) groups is 1. The molecular formula is C13H19FN2O2. The molecular weight excluding hydrogens is 235 g/mol. The molecule has 0 aliphatic heterocycles. The quantitative estimate of drug-likeness (QED) is 0.819. The Morgan fingerprint density at radius 1 is 1.39 bits per heavy atom. The van der Waals surface area contributed by atoms with Gasteiger partial charge in [-0.3, -0.25) is 0 Å². The van der Waals surface area contributed by atoms with Crippen molar-refractivity contribution in [2.24, 2.45) is 0 Å². The molecule has 18 heavy (non-hydrogen) atoms. The zero-order chi connectivity index (χ0) is 13.4. The first-order valence-electron chi connectivity index (χ1n) is 6.10. The summed E-state index contributed by atoms with van der Waals surface area (Å²) in [5.74, 6) is -0.467. The lowest BCUT2D eigenvalue weighted by atomic mass is 10.3. The third kappa shape index (κ3) is 4.33. The van der Waals surface area contributed by atoms with Gasteiger partial charge in [-0.2, -0.15) is 0 Å². The molecule has 4 nitrogen and oxygen atoms in total. The van der Waals surface area contributed by atoms with Crippen molar-refractivity contribution in [3.63, 3.8) is 0 Å². The maximum atomic E-state index is 13.4.